The number of alkyl halides is 3. The summed E-state index contributed by atoms with van der Waals surface area (Å²) in [5, 5.41) is 17.3. The predicted molar refractivity (Wildman–Crippen MR) is 119 cm³/mol. The van der Waals surface area contributed by atoms with Gasteiger partial charge in [-0.2, -0.15) is 18.3 Å². The van der Waals surface area contributed by atoms with Gasteiger partial charge in [-0.05, 0) is 54.0 Å². The lowest BCUT2D eigenvalue weighted by Gasteiger charge is -2.15. The molecular weight excluding hydrogens is 525 g/mol. The maximum Gasteiger partial charge on any atom is 0.436 e. The summed E-state index contributed by atoms with van der Waals surface area (Å²) in [6.45, 7) is 2.73. The molecule has 1 aromatic heterocycles. The Labute approximate surface area is 199 Å². The highest BCUT2D eigenvalue weighted by atomic mass is 79.9. The van der Waals surface area contributed by atoms with Crippen LogP contribution in [0.4, 0.5) is 24.5 Å². The number of hydrogen-bond donors (Lipinski definition) is 1. The first-order valence-electron chi connectivity index (χ1n) is 9.64. The van der Waals surface area contributed by atoms with Gasteiger partial charge >= 0.3 is 6.18 Å². The van der Waals surface area contributed by atoms with Gasteiger partial charge in [0.15, 0.2) is 5.69 Å². The van der Waals surface area contributed by atoms with E-state index in [9.17, 15) is 28.1 Å². The van der Waals surface area contributed by atoms with E-state index < -0.39 is 28.7 Å². The fourth-order valence-electron chi connectivity index (χ4n) is 3.01. The average Bonchev–Trinajstić information content (AvgIpc) is 3.08. The van der Waals surface area contributed by atoms with Gasteiger partial charge in [0.25, 0.3) is 5.69 Å². The van der Waals surface area contributed by atoms with Gasteiger partial charge in [0, 0.05) is 12.1 Å². The summed E-state index contributed by atoms with van der Waals surface area (Å²) in [5.74, 6) is 0.286. The lowest BCUT2D eigenvalue weighted by molar-refractivity contribution is -0.384. The summed E-state index contributed by atoms with van der Waals surface area (Å²) in [6, 6.07) is 8.94. The maximum atomic E-state index is 13.1. The number of amides is 1. The van der Waals surface area contributed by atoms with Crippen molar-refractivity contribution in [2.45, 2.75) is 26.1 Å². The summed E-state index contributed by atoms with van der Waals surface area (Å²) in [5.41, 5.74) is -1.39. The largest absolute Gasteiger partial charge is 0.497 e. The molecular formula is C21H18BrF3N4O5. The third-order valence-corrected chi connectivity index (χ3v) is 5.71. The van der Waals surface area contributed by atoms with Crippen LogP contribution in [0.3, 0.4) is 0 Å². The fraction of sp³-hybridized carbons (Fsp3) is 0.238. The molecule has 34 heavy (non-hydrogen) atoms. The normalized spacial score (nSPS) is 12.2. The van der Waals surface area contributed by atoms with E-state index in [4.69, 9.17) is 9.47 Å². The summed E-state index contributed by atoms with van der Waals surface area (Å²) < 4.78 is 50.8. The Morgan fingerprint density at radius 2 is 1.79 bits per heavy atom. The Hall–Kier alpha value is -3.61. The van der Waals surface area contributed by atoms with Gasteiger partial charge in [-0.25, -0.2) is 0 Å². The third-order valence-electron chi connectivity index (χ3n) is 4.76. The van der Waals surface area contributed by atoms with Crippen LogP contribution in [0.25, 0.3) is 0 Å². The Bertz CT molecular complexity index is 1230. The van der Waals surface area contributed by atoms with Crippen LogP contribution in [-0.4, -0.2) is 27.7 Å². The minimum atomic E-state index is -4.71. The van der Waals surface area contributed by atoms with Gasteiger partial charge in [0.1, 0.15) is 23.3 Å². The zero-order chi connectivity index (χ0) is 25.2. The van der Waals surface area contributed by atoms with Crippen molar-refractivity contribution < 1.29 is 32.4 Å². The number of anilines is 1. The molecule has 180 valence electrons. The Morgan fingerprint density at radius 1 is 1.18 bits per heavy atom. The van der Waals surface area contributed by atoms with Crippen LogP contribution in [-0.2, 0) is 11.0 Å². The van der Waals surface area contributed by atoms with Crippen molar-refractivity contribution in [2.24, 2.45) is 0 Å². The number of benzene rings is 2. The SMILES string of the molecule is COc1ccc(Oc2cc(NC(=O)C(C)n3nc(C(F)(F)F)c(Br)c3C)cc([N+](=O)[O-])c2)cc1. The molecule has 0 saturated carbocycles. The quantitative estimate of drug-likeness (QED) is 0.295. The van der Waals surface area contributed by atoms with Crippen LogP contribution in [0, 0.1) is 17.0 Å². The van der Waals surface area contributed by atoms with Crippen molar-refractivity contribution >= 4 is 33.2 Å². The van der Waals surface area contributed by atoms with Crippen LogP contribution in [0.15, 0.2) is 46.9 Å². The average molecular weight is 543 g/mol. The second-order valence-electron chi connectivity index (χ2n) is 7.11. The minimum Gasteiger partial charge on any atom is -0.497 e. The van der Waals surface area contributed by atoms with Gasteiger partial charge in [-0.3, -0.25) is 19.6 Å². The first-order valence-corrected chi connectivity index (χ1v) is 10.4. The zero-order valence-electron chi connectivity index (χ0n) is 18.0. The molecule has 1 heterocycles. The molecule has 0 radical (unpaired) electrons. The van der Waals surface area contributed by atoms with Crippen LogP contribution in [0.5, 0.6) is 17.2 Å². The van der Waals surface area contributed by atoms with Gasteiger partial charge < -0.3 is 14.8 Å². The van der Waals surface area contributed by atoms with E-state index >= 15 is 0 Å². The monoisotopic (exact) mass is 542 g/mol. The number of carbonyl (C=O) groups is 1. The minimum absolute atomic E-state index is 0.0227. The predicted octanol–water partition coefficient (Wildman–Crippen LogP) is 5.88. The number of nitro groups is 1. The summed E-state index contributed by atoms with van der Waals surface area (Å²) in [6.07, 6.45) is -4.71. The molecule has 0 saturated heterocycles. The second kappa shape index (κ2) is 9.71. The number of ether oxygens (including phenoxy) is 2. The molecule has 3 rings (SSSR count). The van der Waals surface area contributed by atoms with Gasteiger partial charge in [-0.15, -0.1) is 0 Å². The highest BCUT2D eigenvalue weighted by molar-refractivity contribution is 9.10. The number of non-ortho nitro benzene ring substituents is 1. The number of nitrogens with one attached hydrogen (secondary N) is 1. The van der Waals surface area contributed by atoms with Crippen molar-refractivity contribution in [1.82, 2.24) is 9.78 Å². The van der Waals surface area contributed by atoms with E-state index in [2.05, 4.69) is 26.3 Å². The van der Waals surface area contributed by atoms with E-state index in [0.717, 1.165) is 10.7 Å². The number of halogens is 4. The molecule has 1 atom stereocenters. The molecule has 1 N–H and O–H groups in total. The molecule has 2 aromatic carbocycles. The molecule has 13 heteroatoms. The van der Waals surface area contributed by atoms with E-state index in [0.29, 0.717) is 11.5 Å². The van der Waals surface area contributed by atoms with E-state index in [1.165, 1.54) is 33.1 Å². The third kappa shape index (κ3) is 5.47. The van der Waals surface area contributed by atoms with Crippen molar-refractivity contribution in [3.05, 3.63) is 68.4 Å². The van der Waals surface area contributed by atoms with E-state index in [-0.39, 0.29) is 27.3 Å². The molecule has 1 unspecified atom stereocenters. The molecule has 3 aromatic rings. The number of rotatable bonds is 7. The first-order chi connectivity index (χ1) is 15.9. The lowest BCUT2D eigenvalue weighted by Crippen LogP contribution is -2.25. The molecule has 1 amide bonds. The van der Waals surface area contributed by atoms with Gasteiger partial charge in [0.2, 0.25) is 5.91 Å². The summed E-state index contributed by atoms with van der Waals surface area (Å²) in [7, 11) is 1.50. The second-order valence-corrected chi connectivity index (χ2v) is 7.90. The summed E-state index contributed by atoms with van der Waals surface area (Å²) >= 11 is 2.86. The highest BCUT2D eigenvalue weighted by Crippen LogP contribution is 2.37. The first kappa shape index (κ1) is 25.0. The number of aromatic nitrogens is 2. The number of hydrogen-bond acceptors (Lipinski definition) is 6. The van der Waals surface area contributed by atoms with Crippen LogP contribution in [0.2, 0.25) is 0 Å². The maximum absolute atomic E-state index is 13.1. The Morgan fingerprint density at radius 3 is 2.32 bits per heavy atom. The number of nitrogens with zero attached hydrogens (tertiary/aromatic N) is 3. The molecule has 0 spiro atoms. The van der Waals surface area contributed by atoms with Crippen LogP contribution < -0.4 is 14.8 Å². The summed E-state index contributed by atoms with van der Waals surface area (Å²) in [4.78, 5) is 23.5. The molecule has 0 aliphatic heterocycles. The Kier molecular flexibility index (Phi) is 7.15. The topological polar surface area (TPSA) is 109 Å². The molecule has 9 nitrogen and oxygen atoms in total. The lowest BCUT2D eigenvalue weighted by atomic mass is 10.2. The van der Waals surface area contributed by atoms with Gasteiger partial charge in [0.05, 0.1) is 34.0 Å². The zero-order valence-corrected chi connectivity index (χ0v) is 19.6. The highest BCUT2D eigenvalue weighted by Gasteiger charge is 2.39. The number of nitro benzene ring substituents is 1. The standard InChI is InChI=1S/C21H18BrF3N4O5/c1-11-18(22)19(21(23,24)25)27-28(11)12(2)20(30)26-13-8-14(29(31)32)10-17(9-13)34-16-6-4-15(33-3)5-7-16/h4-10,12H,1-3H3,(H,26,30). The van der Waals surface area contributed by atoms with Crippen LogP contribution >= 0.6 is 15.9 Å². The molecule has 0 aliphatic carbocycles. The molecule has 0 fully saturated rings. The van der Waals surface area contributed by atoms with Crippen LogP contribution in [0.1, 0.15) is 24.4 Å². The van der Waals surface area contributed by atoms with Crippen molar-refractivity contribution in [3.8, 4) is 17.2 Å². The van der Waals surface area contributed by atoms with E-state index in [1.807, 2.05) is 0 Å². The number of carbonyl (C=O) groups excluding carboxylic acids is 1. The van der Waals surface area contributed by atoms with Crippen molar-refractivity contribution in [3.63, 3.8) is 0 Å². The van der Waals surface area contributed by atoms with Gasteiger partial charge in [-0.1, -0.05) is 0 Å². The smallest absolute Gasteiger partial charge is 0.436 e. The molecule has 0 aliphatic rings. The van der Waals surface area contributed by atoms with Crippen molar-refractivity contribution in [2.75, 3.05) is 12.4 Å². The molecule has 0 bridgehead atoms. The Balaban J connectivity index is 1.86. The fourth-order valence-corrected chi connectivity index (χ4v) is 3.50. The number of methoxy groups -OCH3 is 1. The van der Waals surface area contributed by atoms with E-state index in [1.54, 1.807) is 24.3 Å². The van der Waals surface area contributed by atoms with Crippen molar-refractivity contribution in [1.29, 1.82) is 0 Å².